The molecule has 0 spiro atoms. The molecule has 0 atom stereocenters. The van der Waals surface area contributed by atoms with Gasteiger partial charge in [0.15, 0.2) is 0 Å². The van der Waals surface area contributed by atoms with Crippen molar-refractivity contribution >= 4 is 17.9 Å². The summed E-state index contributed by atoms with van der Waals surface area (Å²) in [5, 5.41) is 27.2. The predicted octanol–water partition coefficient (Wildman–Crippen LogP) is 1.84. The van der Waals surface area contributed by atoms with E-state index < -0.39 is 17.9 Å². The van der Waals surface area contributed by atoms with E-state index in [1.165, 1.54) is 30.6 Å². The van der Waals surface area contributed by atoms with Crippen LogP contribution >= 0.6 is 0 Å². The minimum absolute atomic E-state index is 0.0936. The predicted molar refractivity (Wildman–Crippen MR) is 70.6 cm³/mol. The number of pyridine rings is 1. The molecule has 1 heterocycles. The van der Waals surface area contributed by atoms with Gasteiger partial charge in [-0.2, -0.15) is 0 Å². The highest BCUT2D eigenvalue weighted by Gasteiger charge is 2.16. The van der Waals surface area contributed by atoms with Crippen molar-refractivity contribution in [1.82, 2.24) is 4.98 Å². The lowest BCUT2D eigenvalue weighted by molar-refractivity contribution is 0.0683. The first-order chi connectivity index (χ1) is 9.90. The Morgan fingerprint density at radius 2 is 1.43 bits per heavy atom. The molecular formula is C14H9NO6. The van der Waals surface area contributed by atoms with Crippen molar-refractivity contribution < 1.29 is 29.7 Å². The molecule has 0 saturated heterocycles. The lowest BCUT2D eigenvalue weighted by Gasteiger charge is -2.08. The summed E-state index contributed by atoms with van der Waals surface area (Å²) in [5.41, 5.74) is -0.271. The third-order valence-electron chi connectivity index (χ3n) is 2.79. The summed E-state index contributed by atoms with van der Waals surface area (Å²) >= 11 is 0. The van der Waals surface area contributed by atoms with Crippen LogP contribution in [0.3, 0.4) is 0 Å². The van der Waals surface area contributed by atoms with Gasteiger partial charge in [-0.25, -0.2) is 14.4 Å². The van der Waals surface area contributed by atoms with Gasteiger partial charge in [-0.05, 0) is 29.8 Å². The fourth-order valence-corrected chi connectivity index (χ4v) is 1.84. The van der Waals surface area contributed by atoms with E-state index in [9.17, 15) is 14.4 Å². The van der Waals surface area contributed by atoms with E-state index in [4.69, 9.17) is 15.3 Å². The second kappa shape index (κ2) is 5.41. The molecule has 0 bridgehead atoms. The Morgan fingerprint density at radius 3 is 1.90 bits per heavy atom. The second-order valence-corrected chi connectivity index (χ2v) is 4.14. The van der Waals surface area contributed by atoms with Crippen LogP contribution in [0.5, 0.6) is 0 Å². The van der Waals surface area contributed by atoms with Crippen LogP contribution in [-0.4, -0.2) is 38.2 Å². The first-order valence-corrected chi connectivity index (χ1v) is 5.69. The van der Waals surface area contributed by atoms with Crippen molar-refractivity contribution in [3.05, 3.63) is 53.3 Å². The number of benzene rings is 1. The first-order valence-electron chi connectivity index (χ1n) is 5.69. The zero-order valence-electron chi connectivity index (χ0n) is 10.5. The zero-order chi connectivity index (χ0) is 15.6. The van der Waals surface area contributed by atoms with Crippen LogP contribution in [0.15, 0.2) is 36.7 Å². The number of aromatic nitrogens is 1. The highest BCUT2D eigenvalue weighted by Crippen LogP contribution is 2.25. The largest absolute Gasteiger partial charge is 0.478 e. The molecule has 2 rings (SSSR count). The lowest BCUT2D eigenvalue weighted by Crippen LogP contribution is -2.05. The van der Waals surface area contributed by atoms with E-state index in [2.05, 4.69) is 4.98 Å². The fraction of sp³-hybridized carbons (Fsp3) is 0. The third-order valence-corrected chi connectivity index (χ3v) is 2.79. The smallest absolute Gasteiger partial charge is 0.336 e. The average molecular weight is 287 g/mol. The van der Waals surface area contributed by atoms with Gasteiger partial charge in [-0.1, -0.05) is 0 Å². The molecule has 1 aromatic heterocycles. The Balaban J connectivity index is 2.72. The number of carboxylic acids is 3. The van der Waals surface area contributed by atoms with Gasteiger partial charge in [0.05, 0.1) is 16.7 Å². The maximum atomic E-state index is 11.2. The van der Waals surface area contributed by atoms with Crippen molar-refractivity contribution in [2.24, 2.45) is 0 Å². The molecule has 2 aromatic rings. The van der Waals surface area contributed by atoms with E-state index >= 15 is 0 Å². The van der Waals surface area contributed by atoms with Crippen molar-refractivity contribution in [2.75, 3.05) is 0 Å². The number of rotatable bonds is 4. The van der Waals surface area contributed by atoms with Crippen molar-refractivity contribution in [1.29, 1.82) is 0 Å². The van der Waals surface area contributed by atoms with Crippen LogP contribution in [0.25, 0.3) is 11.1 Å². The monoisotopic (exact) mass is 287 g/mol. The topological polar surface area (TPSA) is 125 Å². The SMILES string of the molecule is O=C(O)c1cc(C(=O)O)cc(-c2cnccc2C(=O)O)c1. The van der Waals surface area contributed by atoms with Gasteiger partial charge in [0.1, 0.15) is 0 Å². The van der Waals surface area contributed by atoms with Crippen LogP contribution in [0, 0.1) is 0 Å². The molecule has 1 aromatic carbocycles. The van der Waals surface area contributed by atoms with Crippen molar-refractivity contribution in [3.8, 4) is 11.1 Å². The summed E-state index contributed by atoms with van der Waals surface area (Å²) in [6.45, 7) is 0. The van der Waals surface area contributed by atoms with E-state index in [1.807, 2.05) is 0 Å². The van der Waals surface area contributed by atoms with Gasteiger partial charge in [0.2, 0.25) is 0 Å². The van der Waals surface area contributed by atoms with Gasteiger partial charge in [-0.3, -0.25) is 4.98 Å². The zero-order valence-corrected chi connectivity index (χ0v) is 10.5. The van der Waals surface area contributed by atoms with E-state index in [0.29, 0.717) is 0 Å². The summed E-state index contributed by atoms with van der Waals surface area (Å²) in [6.07, 6.45) is 2.53. The molecule has 0 aliphatic carbocycles. The van der Waals surface area contributed by atoms with E-state index in [0.717, 1.165) is 6.07 Å². The molecule has 0 fully saturated rings. The Morgan fingerprint density at radius 1 is 0.857 bits per heavy atom. The molecule has 0 radical (unpaired) electrons. The number of aromatic carboxylic acids is 3. The minimum atomic E-state index is -1.31. The van der Waals surface area contributed by atoms with E-state index in [1.54, 1.807) is 0 Å². The lowest BCUT2D eigenvalue weighted by atomic mass is 9.97. The van der Waals surface area contributed by atoms with E-state index in [-0.39, 0.29) is 27.8 Å². The van der Waals surface area contributed by atoms with Gasteiger partial charge in [0.25, 0.3) is 0 Å². The van der Waals surface area contributed by atoms with Crippen LogP contribution in [0.1, 0.15) is 31.1 Å². The summed E-state index contributed by atoms with van der Waals surface area (Å²) in [7, 11) is 0. The normalized spacial score (nSPS) is 10.1. The molecule has 3 N–H and O–H groups in total. The standard InChI is InChI=1S/C14H9NO6/c16-12(17)8-3-7(4-9(5-8)13(18)19)11-6-15-2-1-10(11)14(20)21/h1-6H,(H,16,17)(H,18,19)(H,20,21). The molecule has 0 amide bonds. The Hall–Kier alpha value is -3.22. The number of nitrogens with zero attached hydrogens (tertiary/aromatic N) is 1. The van der Waals surface area contributed by atoms with Crippen LogP contribution in [0.4, 0.5) is 0 Å². The summed E-state index contributed by atoms with van der Waals surface area (Å²) < 4.78 is 0. The van der Waals surface area contributed by atoms with Gasteiger partial charge in [-0.15, -0.1) is 0 Å². The highest BCUT2D eigenvalue weighted by atomic mass is 16.4. The van der Waals surface area contributed by atoms with Gasteiger partial charge >= 0.3 is 17.9 Å². The van der Waals surface area contributed by atoms with Gasteiger partial charge in [0, 0.05) is 18.0 Å². The molecule has 0 aliphatic rings. The number of hydrogen-bond donors (Lipinski definition) is 3. The van der Waals surface area contributed by atoms with Crippen molar-refractivity contribution in [3.63, 3.8) is 0 Å². The minimum Gasteiger partial charge on any atom is -0.478 e. The third kappa shape index (κ3) is 2.86. The maximum Gasteiger partial charge on any atom is 0.336 e. The fourth-order valence-electron chi connectivity index (χ4n) is 1.84. The molecular weight excluding hydrogens is 278 g/mol. The number of carboxylic acid groups (broad SMARTS) is 3. The molecule has 106 valence electrons. The Bertz CT molecular complexity index is 721. The summed E-state index contributed by atoms with van der Waals surface area (Å²) in [5.74, 6) is -3.83. The first kappa shape index (κ1) is 14.2. The van der Waals surface area contributed by atoms with Crippen LogP contribution < -0.4 is 0 Å². The van der Waals surface area contributed by atoms with Crippen molar-refractivity contribution in [2.45, 2.75) is 0 Å². The molecule has 0 unspecified atom stereocenters. The summed E-state index contributed by atoms with van der Waals surface area (Å²) in [6, 6.07) is 4.67. The molecule has 0 saturated carbocycles. The van der Waals surface area contributed by atoms with Crippen LogP contribution in [-0.2, 0) is 0 Å². The molecule has 21 heavy (non-hydrogen) atoms. The molecule has 7 heteroatoms. The average Bonchev–Trinajstić information content (AvgIpc) is 2.46. The molecule has 7 nitrogen and oxygen atoms in total. The highest BCUT2D eigenvalue weighted by molar-refractivity contribution is 5.99. The number of hydrogen-bond acceptors (Lipinski definition) is 4. The quantitative estimate of drug-likeness (QED) is 0.783. The molecule has 0 aliphatic heterocycles. The van der Waals surface area contributed by atoms with Gasteiger partial charge < -0.3 is 15.3 Å². The maximum absolute atomic E-state index is 11.2. The van der Waals surface area contributed by atoms with Crippen LogP contribution in [0.2, 0.25) is 0 Å². The summed E-state index contributed by atoms with van der Waals surface area (Å²) in [4.78, 5) is 37.1. The second-order valence-electron chi connectivity index (χ2n) is 4.14. The Kier molecular flexibility index (Phi) is 3.66. The Labute approximate surface area is 118 Å². The number of carbonyl (C=O) groups is 3.